The normalized spacial score (nSPS) is 14.0. The molecule has 1 aromatic heterocycles. The second kappa shape index (κ2) is 5.64. The van der Waals surface area contributed by atoms with Gasteiger partial charge in [-0.05, 0) is 29.4 Å². The summed E-state index contributed by atoms with van der Waals surface area (Å²) in [6.07, 6.45) is 0. The lowest BCUT2D eigenvalue weighted by Gasteiger charge is -2.23. The van der Waals surface area contributed by atoms with Crippen LogP contribution in [0.1, 0.15) is 32.4 Å². The monoisotopic (exact) mass is 279 g/mol. The molecule has 0 saturated carbocycles. The molecule has 98 valence electrons. The first kappa shape index (κ1) is 13.9. The third-order valence-corrected chi connectivity index (χ3v) is 5.26. The molecule has 1 heterocycles. The van der Waals surface area contributed by atoms with Gasteiger partial charge in [-0.15, -0.1) is 11.3 Å². The molecule has 2 rings (SSSR count). The molecule has 0 aliphatic heterocycles. The fraction of sp³-hybridized carbons (Fsp3) is 0.467. The molecule has 1 aromatic carbocycles. The van der Waals surface area contributed by atoms with Crippen LogP contribution in [0.5, 0.6) is 0 Å². The van der Waals surface area contributed by atoms with Crippen LogP contribution >= 0.6 is 23.1 Å². The minimum atomic E-state index is 0.318. The van der Waals surface area contributed by atoms with Gasteiger partial charge in [0.2, 0.25) is 0 Å². The van der Waals surface area contributed by atoms with Gasteiger partial charge in [-0.1, -0.05) is 39.0 Å². The Morgan fingerprint density at radius 2 is 2.06 bits per heavy atom. The molecule has 1 N–H and O–H groups in total. The van der Waals surface area contributed by atoms with E-state index in [-0.39, 0.29) is 0 Å². The smallest absolute Gasteiger partial charge is 0.0423 e. The van der Waals surface area contributed by atoms with Crippen LogP contribution in [-0.4, -0.2) is 17.5 Å². The molecule has 0 radical (unpaired) electrons. The van der Waals surface area contributed by atoms with E-state index in [1.54, 1.807) is 0 Å². The minimum absolute atomic E-state index is 0.318. The number of fused-ring (bicyclic) bond motifs is 1. The largest absolute Gasteiger partial charge is 0.312 e. The number of benzene rings is 1. The summed E-state index contributed by atoms with van der Waals surface area (Å²) >= 11 is 3.86. The molecule has 1 atom stereocenters. The molecule has 0 saturated heterocycles. The lowest BCUT2D eigenvalue weighted by atomic mass is 10.1. The predicted molar refractivity (Wildman–Crippen MR) is 85.8 cm³/mol. The van der Waals surface area contributed by atoms with Gasteiger partial charge in [0.1, 0.15) is 0 Å². The van der Waals surface area contributed by atoms with E-state index in [2.05, 4.69) is 62.8 Å². The molecule has 3 heteroatoms. The van der Waals surface area contributed by atoms with Gasteiger partial charge < -0.3 is 5.32 Å². The Bertz CT molecular complexity index is 510. The highest BCUT2D eigenvalue weighted by molar-refractivity contribution is 8.00. The van der Waals surface area contributed by atoms with Gasteiger partial charge in [0.25, 0.3) is 0 Å². The topological polar surface area (TPSA) is 12.0 Å². The molecule has 0 aliphatic carbocycles. The highest BCUT2D eigenvalue weighted by Gasteiger charge is 2.17. The molecule has 2 aromatic rings. The van der Waals surface area contributed by atoms with Crippen LogP contribution in [0.15, 0.2) is 29.6 Å². The van der Waals surface area contributed by atoms with Gasteiger partial charge in [-0.2, -0.15) is 11.8 Å². The molecule has 0 amide bonds. The third kappa shape index (κ3) is 3.28. The quantitative estimate of drug-likeness (QED) is 0.871. The lowest BCUT2D eigenvalue weighted by molar-refractivity contribution is 0.662. The van der Waals surface area contributed by atoms with Crippen molar-refractivity contribution in [3.05, 3.63) is 35.2 Å². The fourth-order valence-corrected chi connectivity index (χ4v) is 3.93. The Hall–Kier alpha value is -0.510. The van der Waals surface area contributed by atoms with Crippen molar-refractivity contribution >= 4 is 33.2 Å². The average molecular weight is 279 g/mol. The number of thiophene rings is 1. The molecule has 0 bridgehead atoms. The predicted octanol–water partition coefficient (Wildman–Crippen LogP) is 4.69. The maximum atomic E-state index is 3.46. The van der Waals surface area contributed by atoms with E-state index in [9.17, 15) is 0 Å². The number of hydrogen-bond acceptors (Lipinski definition) is 3. The Kier molecular flexibility index (Phi) is 4.36. The summed E-state index contributed by atoms with van der Waals surface area (Å²) in [4.78, 5) is 0. The number of nitrogens with one attached hydrogen (secondary N) is 1. The van der Waals surface area contributed by atoms with Gasteiger partial charge in [0, 0.05) is 21.2 Å². The van der Waals surface area contributed by atoms with Gasteiger partial charge in [0.15, 0.2) is 0 Å². The van der Waals surface area contributed by atoms with Crippen LogP contribution in [0, 0.1) is 0 Å². The van der Waals surface area contributed by atoms with Gasteiger partial charge in [-0.25, -0.2) is 0 Å². The highest BCUT2D eigenvalue weighted by atomic mass is 32.2. The summed E-state index contributed by atoms with van der Waals surface area (Å²) in [5.74, 6) is 1.11. The molecule has 0 aliphatic rings. The van der Waals surface area contributed by atoms with Gasteiger partial charge in [-0.3, -0.25) is 0 Å². The van der Waals surface area contributed by atoms with Gasteiger partial charge in [0.05, 0.1) is 0 Å². The van der Waals surface area contributed by atoms with Crippen LogP contribution in [-0.2, 0) is 0 Å². The molecular formula is C15H21NS2. The Labute approximate surface area is 118 Å². The summed E-state index contributed by atoms with van der Waals surface area (Å²) in [5, 5.41) is 7.00. The highest BCUT2D eigenvalue weighted by Crippen LogP contribution is 2.33. The van der Waals surface area contributed by atoms with Crippen molar-refractivity contribution in [1.82, 2.24) is 5.32 Å². The number of rotatable bonds is 4. The van der Waals surface area contributed by atoms with Crippen LogP contribution in [0.3, 0.4) is 0 Å². The summed E-state index contributed by atoms with van der Waals surface area (Å²) in [6.45, 7) is 6.82. The standard InChI is InChI=1S/C15H21NS2/c1-15(2,3)18-10-13(16-4)12-7-5-6-11-8-9-17-14(11)12/h5-9,13,16H,10H2,1-4H3. The average Bonchev–Trinajstić information content (AvgIpc) is 2.77. The van der Waals surface area contributed by atoms with Gasteiger partial charge >= 0.3 is 0 Å². The van der Waals surface area contributed by atoms with E-state index in [4.69, 9.17) is 0 Å². The van der Waals surface area contributed by atoms with E-state index < -0.39 is 0 Å². The third-order valence-electron chi connectivity index (χ3n) is 2.92. The fourth-order valence-electron chi connectivity index (χ4n) is 1.95. The van der Waals surface area contributed by atoms with E-state index in [1.807, 2.05) is 23.1 Å². The molecule has 18 heavy (non-hydrogen) atoms. The van der Waals surface area contributed by atoms with Crippen molar-refractivity contribution in [2.75, 3.05) is 12.8 Å². The molecule has 0 fully saturated rings. The first-order valence-electron chi connectivity index (χ1n) is 6.28. The van der Waals surface area contributed by atoms with Crippen LogP contribution < -0.4 is 5.32 Å². The summed E-state index contributed by atoms with van der Waals surface area (Å²) in [7, 11) is 2.06. The van der Waals surface area contributed by atoms with Crippen LogP contribution in [0.4, 0.5) is 0 Å². The molecule has 1 unspecified atom stereocenters. The SMILES string of the molecule is CNC(CSC(C)(C)C)c1cccc2ccsc12. The second-order valence-electron chi connectivity index (χ2n) is 5.45. The molecule has 0 spiro atoms. The number of hydrogen-bond donors (Lipinski definition) is 1. The summed E-state index contributed by atoms with van der Waals surface area (Å²) in [5.41, 5.74) is 1.43. The van der Waals surface area contributed by atoms with Crippen molar-refractivity contribution in [1.29, 1.82) is 0 Å². The molecular weight excluding hydrogens is 258 g/mol. The van der Waals surface area contributed by atoms with Crippen LogP contribution in [0.2, 0.25) is 0 Å². The lowest BCUT2D eigenvalue weighted by Crippen LogP contribution is -2.21. The van der Waals surface area contributed by atoms with Crippen molar-refractivity contribution < 1.29 is 0 Å². The van der Waals surface area contributed by atoms with E-state index in [1.165, 1.54) is 15.6 Å². The van der Waals surface area contributed by atoms with E-state index in [0.29, 0.717) is 10.8 Å². The van der Waals surface area contributed by atoms with Crippen LogP contribution in [0.25, 0.3) is 10.1 Å². The van der Waals surface area contributed by atoms with E-state index >= 15 is 0 Å². The number of thioether (sulfide) groups is 1. The Morgan fingerprint density at radius 1 is 1.28 bits per heavy atom. The van der Waals surface area contributed by atoms with Crippen molar-refractivity contribution in [3.8, 4) is 0 Å². The Morgan fingerprint density at radius 3 is 2.72 bits per heavy atom. The molecule has 1 nitrogen and oxygen atoms in total. The second-order valence-corrected chi connectivity index (χ2v) is 8.21. The maximum Gasteiger partial charge on any atom is 0.0423 e. The van der Waals surface area contributed by atoms with Crippen molar-refractivity contribution in [3.63, 3.8) is 0 Å². The zero-order valence-corrected chi connectivity index (χ0v) is 13.1. The van der Waals surface area contributed by atoms with Crippen molar-refractivity contribution in [2.45, 2.75) is 31.6 Å². The minimum Gasteiger partial charge on any atom is -0.312 e. The first-order valence-corrected chi connectivity index (χ1v) is 8.15. The first-order chi connectivity index (χ1) is 8.51. The van der Waals surface area contributed by atoms with E-state index in [0.717, 1.165) is 5.75 Å². The zero-order valence-electron chi connectivity index (χ0n) is 11.5. The summed E-state index contributed by atoms with van der Waals surface area (Å²) < 4.78 is 1.74. The zero-order chi connectivity index (χ0) is 13.2. The van der Waals surface area contributed by atoms with Crippen molar-refractivity contribution in [2.24, 2.45) is 0 Å². The summed E-state index contributed by atoms with van der Waals surface area (Å²) in [6, 6.07) is 9.24. The Balaban J connectivity index is 2.24. The maximum absolute atomic E-state index is 3.46.